The van der Waals surface area contributed by atoms with E-state index >= 15 is 0 Å². The summed E-state index contributed by atoms with van der Waals surface area (Å²) >= 11 is 0. The van der Waals surface area contributed by atoms with Crippen LogP contribution in [-0.4, -0.2) is 5.91 Å². The third-order valence-corrected chi connectivity index (χ3v) is 2.66. The molecule has 0 spiro atoms. The lowest BCUT2D eigenvalue weighted by Crippen LogP contribution is -2.15. The Balaban J connectivity index is 2.18. The molecule has 0 aliphatic heterocycles. The Kier molecular flexibility index (Phi) is 3.63. The van der Waals surface area contributed by atoms with Crippen LogP contribution in [0.5, 0.6) is 5.75 Å². The van der Waals surface area contributed by atoms with E-state index in [0.29, 0.717) is 12.2 Å². The highest BCUT2D eigenvalue weighted by molar-refractivity contribution is 5.94. The lowest BCUT2D eigenvalue weighted by atomic mass is 10.0. The van der Waals surface area contributed by atoms with Crippen molar-refractivity contribution < 1.29 is 9.53 Å². The average molecular weight is 241 g/mol. The highest BCUT2D eigenvalue weighted by atomic mass is 16.5. The number of carbonyl (C=O) groups excluding carboxylic acids is 1. The predicted octanol–water partition coefficient (Wildman–Crippen LogP) is 2.67. The van der Waals surface area contributed by atoms with Gasteiger partial charge in [-0.2, -0.15) is 0 Å². The topological polar surface area (TPSA) is 52.3 Å². The van der Waals surface area contributed by atoms with Gasteiger partial charge in [0.2, 0.25) is 5.91 Å². The summed E-state index contributed by atoms with van der Waals surface area (Å²) in [5.74, 6) is 0.344. The third kappa shape index (κ3) is 2.88. The Morgan fingerprint density at radius 3 is 2.56 bits per heavy atom. The SMILES string of the molecule is Cc1ccc(C(N)=O)c(COc2ccccc2)c1. The molecule has 0 aliphatic rings. The van der Waals surface area contributed by atoms with E-state index in [1.54, 1.807) is 6.07 Å². The number of nitrogens with two attached hydrogens (primary N) is 1. The van der Waals surface area contributed by atoms with Gasteiger partial charge in [0, 0.05) is 11.1 Å². The van der Waals surface area contributed by atoms with E-state index in [9.17, 15) is 4.79 Å². The minimum absolute atomic E-state index is 0.337. The van der Waals surface area contributed by atoms with Crippen LogP contribution in [0.4, 0.5) is 0 Å². The first-order valence-electron chi connectivity index (χ1n) is 5.74. The molecule has 0 radical (unpaired) electrons. The quantitative estimate of drug-likeness (QED) is 0.894. The molecule has 0 heterocycles. The summed E-state index contributed by atoms with van der Waals surface area (Å²) in [5.41, 5.74) is 7.74. The molecule has 3 heteroatoms. The number of aryl methyl sites for hydroxylation is 1. The summed E-state index contributed by atoms with van der Waals surface area (Å²) in [4.78, 5) is 11.3. The van der Waals surface area contributed by atoms with Crippen LogP contribution >= 0.6 is 0 Å². The molecule has 0 unspecified atom stereocenters. The van der Waals surface area contributed by atoms with Crippen molar-refractivity contribution in [3.05, 3.63) is 65.2 Å². The van der Waals surface area contributed by atoms with Crippen LogP contribution in [-0.2, 0) is 6.61 Å². The molecule has 3 nitrogen and oxygen atoms in total. The van der Waals surface area contributed by atoms with Gasteiger partial charge in [-0.05, 0) is 25.1 Å². The highest BCUT2D eigenvalue weighted by Gasteiger charge is 2.08. The number of rotatable bonds is 4. The number of ether oxygens (including phenoxy) is 1. The molecule has 0 atom stereocenters. The van der Waals surface area contributed by atoms with Gasteiger partial charge in [-0.1, -0.05) is 35.9 Å². The Morgan fingerprint density at radius 1 is 1.17 bits per heavy atom. The number of primary amides is 1. The molecule has 0 aliphatic carbocycles. The van der Waals surface area contributed by atoms with E-state index in [1.807, 2.05) is 49.4 Å². The summed E-state index contributed by atoms with van der Waals surface area (Å²) in [5, 5.41) is 0. The Morgan fingerprint density at radius 2 is 1.89 bits per heavy atom. The summed E-state index contributed by atoms with van der Waals surface area (Å²) in [6.45, 7) is 2.31. The first-order chi connectivity index (χ1) is 8.66. The van der Waals surface area contributed by atoms with Crippen LogP contribution in [0, 0.1) is 6.92 Å². The normalized spacial score (nSPS) is 10.1. The Hall–Kier alpha value is -2.29. The monoisotopic (exact) mass is 241 g/mol. The largest absolute Gasteiger partial charge is 0.489 e. The molecular weight excluding hydrogens is 226 g/mol. The number of hydrogen-bond donors (Lipinski definition) is 1. The fourth-order valence-corrected chi connectivity index (χ4v) is 1.76. The molecule has 0 fully saturated rings. The second-order valence-electron chi connectivity index (χ2n) is 4.13. The standard InChI is InChI=1S/C15H15NO2/c1-11-7-8-14(15(16)17)12(9-11)10-18-13-5-3-2-4-6-13/h2-9H,10H2,1H3,(H2,16,17). The second-order valence-corrected chi connectivity index (χ2v) is 4.13. The van der Waals surface area contributed by atoms with Crippen molar-refractivity contribution in [3.63, 3.8) is 0 Å². The van der Waals surface area contributed by atoms with E-state index < -0.39 is 5.91 Å². The first kappa shape index (κ1) is 12.2. The lowest BCUT2D eigenvalue weighted by Gasteiger charge is -2.10. The van der Waals surface area contributed by atoms with Gasteiger partial charge in [0.15, 0.2) is 0 Å². The maximum Gasteiger partial charge on any atom is 0.249 e. The van der Waals surface area contributed by atoms with Crippen molar-refractivity contribution in [2.45, 2.75) is 13.5 Å². The first-order valence-corrected chi connectivity index (χ1v) is 5.74. The molecule has 2 rings (SSSR count). The number of carbonyl (C=O) groups is 1. The van der Waals surface area contributed by atoms with Crippen molar-refractivity contribution in [3.8, 4) is 5.75 Å². The highest BCUT2D eigenvalue weighted by Crippen LogP contribution is 2.16. The van der Waals surface area contributed by atoms with Gasteiger partial charge in [-0.3, -0.25) is 4.79 Å². The van der Waals surface area contributed by atoms with Crippen molar-refractivity contribution in [2.75, 3.05) is 0 Å². The van der Waals surface area contributed by atoms with Gasteiger partial charge in [0.1, 0.15) is 12.4 Å². The molecule has 2 aromatic rings. The van der Waals surface area contributed by atoms with Crippen molar-refractivity contribution in [1.82, 2.24) is 0 Å². The molecule has 0 saturated carbocycles. The van der Waals surface area contributed by atoms with E-state index in [2.05, 4.69) is 0 Å². The van der Waals surface area contributed by atoms with Crippen LogP contribution < -0.4 is 10.5 Å². The zero-order valence-corrected chi connectivity index (χ0v) is 10.2. The maximum absolute atomic E-state index is 11.3. The summed E-state index contributed by atoms with van der Waals surface area (Å²) in [6.07, 6.45) is 0. The minimum atomic E-state index is -0.429. The number of hydrogen-bond acceptors (Lipinski definition) is 2. The van der Waals surface area contributed by atoms with Crippen LogP contribution in [0.25, 0.3) is 0 Å². The minimum Gasteiger partial charge on any atom is -0.489 e. The van der Waals surface area contributed by atoms with E-state index in [4.69, 9.17) is 10.5 Å². The molecule has 1 amide bonds. The van der Waals surface area contributed by atoms with E-state index in [-0.39, 0.29) is 0 Å². The van der Waals surface area contributed by atoms with E-state index in [1.165, 1.54) is 0 Å². The Labute approximate surface area is 106 Å². The number of para-hydroxylation sites is 1. The summed E-state index contributed by atoms with van der Waals surface area (Å²) < 4.78 is 5.63. The smallest absolute Gasteiger partial charge is 0.249 e. The van der Waals surface area contributed by atoms with Crippen LogP contribution in [0.2, 0.25) is 0 Å². The lowest BCUT2D eigenvalue weighted by molar-refractivity contribution is 0.0998. The third-order valence-electron chi connectivity index (χ3n) is 2.66. The number of amides is 1. The maximum atomic E-state index is 11.3. The van der Waals surface area contributed by atoms with Crippen LogP contribution in [0.1, 0.15) is 21.5 Å². The van der Waals surface area contributed by atoms with Crippen molar-refractivity contribution >= 4 is 5.91 Å². The molecule has 0 aromatic heterocycles. The second kappa shape index (κ2) is 5.36. The molecule has 92 valence electrons. The molecule has 0 saturated heterocycles. The van der Waals surface area contributed by atoms with Crippen LogP contribution in [0.15, 0.2) is 48.5 Å². The van der Waals surface area contributed by atoms with E-state index in [0.717, 1.165) is 16.9 Å². The molecular formula is C15H15NO2. The zero-order chi connectivity index (χ0) is 13.0. The van der Waals surface area contributed by atoms with Gasteiger partial charge in [-0.15, -0.1) is 0 Å². The summed E-state index contributed by atoms with van der Waals surface area (Å²) in [7, 11) is 0. The molecule has 2 N–H and O–H groups in total. The zero-order valence-electron chi connectivity index (χ0n) is 10.2. The number of benzene rings is 2. The van der Waals surface area contributed by atoms with Gasteiger partial charge in [0.25, 0.3) is 0 Å². The van der Waals surface area contributed by atoms with Gasteiger partial charge in [0.05, 0.1) is 0 Å². The van der Waals surface area contributed by atoms with Gasteiger partial charge in [-0.25, -0.2) is 0 Å². The van der Waals surface area contributed by atoms with Gasteiger partial charge < -0.3 is 10.5 Å². The van der Waals surface area contributed by atoms with Crippen molar-refractivity contribution in [1.29, 1.82) is 0 Å². The average Bonchev–Trinajstić information content (AvgIpc) is 2.37. The fourth-order valence-electron chi connectivity index (χ4n) is 1.76. The molecule has 2 aromatic carbocycles. The molecule has 18 heavy (non-hydrogen) atoms. The van der Waals surface area contributed by atoms with Crippen molar-refractivity contribution in [2.24, 2.45) is 5.73 Å². The predicted molar refractivity (Wildman–Crippen MR) is 70.5 cm³/mol. The fraction of sp³-hybridized carbons (Fsp3) is 0.133. The Bertz CT molecular complexity index is 550. The van der Waals surface area contributed by atoms with Gasteiger partial charge >= 0.3 is 0 Å². The van der Waals surface area contributed by atoms with Crippen LogP contribution in [0.3, 0.4) is 0 Å². The summed E-state index contributed by atoms with van der Waals surface area (Å²) in [6, 6.07) is 15.0. The molecule has 0 bridgehead atoms.